The molecule has 3 nitrogen and oxygen atoms in total. The third-order valence-electron chi connectivity index (χ3n) is 3.97. The number of benzene rings is 1. The topological polar surface area (TPSA) is 32.5 Å². The summed E-state index contributed by atoms with van der Waals surface area (Å²) in [5, 5.41) is 0. The molecule has 1 aliphatic rings. The maximum Gasteiger partial charge on any atom is 0.0399 e. The predicted molar refractivity (Wildman–Crippen MR) is 78.2 cm³/mol. The van der Waals surface area contributed by atoms with Crippen molar-refractivity contribution in [3.05, 3.63) is 29.3 Å². The molecule has 0 aromatic heterocycles. The van der Waals surface area contributed by atoms with Crippen LogP contribution in [0.25, 0.3) is 0 Å². The molecule has 0 spiro atoms. The van der Waals surface area contributed by atoms with Crippen molar-refractivity contribution in [2.75, 3.05) is 38.1 Å². The van der Waals surface area contributed by atoms with Gasteiger partial charge in [0.15, 0.2) is 0 Å². The van der Waals surface area contributed by atoms with Crippen LogP contribution in [0.4, 0.5) is 5.69 Å². The van der Waals surface area contributed by atoms with Gasteiger partial charge in [-0.1, -0.05) is 12.1 Å². The first-order valence-corrected chi connectivity index (χ1v) is 6.84. The van der Waals surface area contributed by atoms with E-state index < -0.39 is 0 Å². The highest BCUT2D eigenvalue weighted by Gasteiger charge is 2.26. The lowest BCUT2D eigenvalue weighted by molar-refractivity contribution is 0.266. The van der Waals surface area contributed by atoms with Crippen molar-refractivity contribution >= 4 is 5.69 Å². The van der Waals surface area contributed by atoms with Crippen LogP contribution in [0.15, 0.2) is 18.2 Å². The highest BCUT2D eigenvalue weighted by Crippen LogP contribution is 2.26. The molecule has 0 bridgehead atoms. The Hall–Kier alpha value is -1.06. The summed E-state index contributed by atoms with van der Waals surface area (Å²) in [5.74, 6) is 0. The monoisotopic (exact) mass is 247 g/mol. The molecule has 0 aliphatic carbocycles. The Balaban J connectivity index is 2.06. The molecule has 1 aliphatic heterocycles. The largest absolute Gasteiger partial charge is 0.370 e. The molecule has 3 heteroatoms. The second-order valence-electron chi connectivity index (χ2n) is 5.45. The van der Waals surface area contributed by atoms with Crippen molar-refractivity contribution in [2.24, 2.45) is 5.73 Å². The summed E-state index contributed by atoms with van der Waals surface area (Å²) in [6, 6.07) is 7.36. The van der Waals surface area contributed by atoms with Gasteiger partial charge in [-0.05, 0) is 44.5 Å². The lowest BCUT2D eigenvalue weighted by Gasteiger charge is -2.25. The molecule has 1 aromatic carbocycles. The highest BCUT2D eigenvalue weighted by atomic mass is 15.2. The number of nitrogens with two attached hydrogens (primary N) is 1. The van der Waals surface area contributed by atoms with Gasteiger partial charge in [-0.2, -0.15) is 0 Å². The second kappa shape index (κ2) is 5.72. The Bertz CT molecular complexity index is 403. The number of aryl methyl sites for hydroxylation is 2. The highest BCUT2D eigenvalue weighted by molar-refractivity contribution is 5.55. The minimum Gasteiger partial charge on any atom is -0.370 e. The third kappa shape index (κ3) is 2.85. The molecule has 1 saturated heterocycles. The Morgan fingerprint density at radius 3 is 2.89 bits per heavy atom. The zero-order chi connectivity index (χ0) is 13.1. The molecular formula is C15H25N3. The molecule has 1 atom stereocenters. The smallest absolute Gasteiger partial charge is 0.0399 e. The van der Waals surface area contributed by atoms with Crippen LogP contribution in [0, 0.1) is 13.8 Å². The molecule has 0 radical (unpaired) electrons. The van der Waals surface area contributed by atoms with Crippen LogP contribution >= 0.6 is 0 Å². The quantitative estimate of drug-likeness (QED) is 0.880. The van der Waals surface area contributed by atoms with Gasteiger partial charge in [-0.3, -0.25) is 0 Å². The number of nitrogens with zero attached hydrogens (tertiary/aromatic N) is 2. The number of anilines is 1. The summed E-state index contributed by atoms with van der Waals surface area (Å²) < 4.78 is 0. The van der Waals surface area contributed by atoms with Crippen LogP contribution in [-0.2, 0) is 0 Å². The van der Waals surface area contributed by atoms with Crippen molar-refractivity contribution < 1.29 is 0 Å². The van der Waals surface area contributed by atoms with E-state index in [2.05, 4.69) is 48.9 Å². The lowest BCUT2D eigenvalue weighted by atomic mass is 10.1. The second-order valence-corrected chi connectivity index (χ2v) is 5.45. The fourth-order valence-corrected chi connectivity index (χ4v) is 2.77. The number of hydrogen-bond donors (Lipinski definition) is 1. The van der Waals surface area contributed by atoms with Crippen LogP contribution in [0.1, 0.15) is 17.5 Å². The van der Waals surface area contributed by atoms with Gasteiger partial charge in [0.1, 0.15) is 0 Å². The van der Waals surface area contributed by atoms with Gasteiger partial charge in [-0.25, -0.2) is 0 Å². The average Bonchev–Trinajstić information content (AvgIpc) is 2.82. The molecule has 1 heterocycles. The first-order valence-electron chi connectivity index (χ1n) is 6.84. The van der Waals surface area contributed by atoms with E-state index >= 15 is 0 Å². The minimum atomic E-state index is 0.647. The van der Waals surface area contributed by atoms with Gasteiger partial charge < -0.3 is 15.5 Å². The summed E-state index contributed by atoms with van der Waals surface area (Å²) >= 11 is 0. The molecule has 1 aromatic rings. The maximum absolute atomic E-state index is 5.63. The van der Waals surface area contributed by atoms with Crippen LogP contribution in [0.3, 0.4) is 0 Å². The molecule has 2 N–H and O–H groups in total. The fraction of sp³-hybridized carbons (Fsp3) is 0.600. The Labute approximate surface area is 111 Å². The van der Waals surface area contributed by atoms with Crippen molar-refractivity contribution in [3.63, 3.8) is 0 Å². The number of rotatable bonds is 4. The predicted octanol–water partition coefficient (Wildman–Crippen LogP) is 1.77. The van der Waals surface area contributed by atoms with E-state index in [4.69, 9.17) is 5.73 Å². The van der Waals surface area contributed by atoms with Crippen molar-refractivity contribution in [1.82, 2.24) is 4.90 Å². The standard InChI is InChI=1S/C15H25N3/c1-12-4-5-13(2)15(10-12)18-8-6-14(11-18)17(3)9-7-16/h4-5,10,14H,6-9,11,16H2,1-3H3. The number of likely N-dealkylation sites (N-methyl/N-ethyl adjacent to an activating group) is 1. The lowest BCUT2D eigenvalue weighted by Crippen LogP contribution is -2.37. The summed E-state index contributed by atoms with van der Waals surface area (Å²) in [6.45, 7) is 8.38. The zero-order valence-electron chi connectivity index (χ0n) is 11.8. The van der Waals surface area contributed by atoms with Crippen LogP contribution in [0.2, 0.25) is 0 Å². The summed E-state index contributed by atoms with van der Waals surface area (Å²) in [7, 11) is 2.18. The van der Waals surface area contributed by atoms with Gasteiger partial charge in [0.05, 0.1) is 0 Å². The Morgan fingerprint density at radius 1 is 1.39 bits per heavy atom. The number of hydrogen-bond acceptors (Lipinski definition) is 3. The van der Waals surface area contributed by atoms with Crippen LogP contribution in [0.5, 0.6) is 0 Å². The van der Waals surface area contributed by atoms with E-state index in [1.165, 1.54) is 23.2 Å². The van der Waals surface area contributed by atoms with E-state index in [1.807, 2.05) is 0 Å². The van der Waals surface area contributed by atoms with Crippen LogP contribution in [-0.4, -0.2) is 44.2 Å². The van der Waals surface area contributed by atoms with Crippen molar-refractivity contribution in [2.45, 2.75) is 26.3 Å². The Kier molecular flexibility index (Phi) is 4.25. The normalized spacial score (nSPS) is 19.8. The molecule has 1 unspecified atom stereocenters. The van der Waals surface area contributed by atoms with E-state index in [1.54, 1.807) is 0 Å². The first kappa shape index (κ1) is 13.4. The van der Waals surface area contributed by atoms with Crippen LogP contribution < -0.4 is 10.6 Å². The maximum atomic E-state index is 5.63. The minimum absolute atomic E-state index is 0.647. The van der Waals surface area contributed by atoms with E-state index in [9.17, 15) is 0 Å². The van der Waals surface area contributed by atoms with Gasteiger partial charge in [0.25, 0.3) is 0 Å². The summed E-state index contributed by atoms with van der Waals surface area (Å²) in [4.78, 5) is 4.91. The van der Waals surface area contributed by atoms with Gasteiger partial charge in [0, 0.05) is 37.9 Å². The molecule has 1 fully saturated rings. The molecule has 0 saturated carbocycles. The molecule has 100 valence electrons. The Morgan fingerprint density at radius 2 is 2.17 bits per heavy atom. The summed E-state index contributed by atoms with van der Waals surface area (Å²) in [6.07, 6.45) is 1.24. The van der Waals surface area contributed by atoms with Gasteiger partial charge >= 0.3 is 0 Å². The van der Waals surface area contributed by atoms with Crippen molar-refractivity contribution in [3.8, 4) is 0 Å². The zero-order valence-corrected chi connectivity index (χ0v) is 11.8. The van der Waals surface area contributed by atoms with E-state index in [0.717, 1.165) is 26.2 Å². The van der Waals surface area contributed by atoms with E-state index in [-0.39, 0.29) is 0 Å². The van der Waals surface area contributed by atoms with Gasteiger partial charge in [0.2, 0.25) is 0 Å². The first-order chi connectivity index (χ1) is 8.61. The molecular weight excluding hydrogens is 222 g/mol. The SMILES string of the molecule is Cc1ccc(C)c(N2CCC(N(C)CCN)C2)c1. The molecule has 18 heavy (non-hydrogen) atoms. The average molecular weight is 247 g/mol. The fourth-order valence-electron chi connectivity index (χ4n) is 2.77. The van der Waals surface area contributed by atoms with Gasteiger partial charge in [-0.15, -0.1) is 0 Å². The molecule has 0 amide bonds. The van der Waals surface area contributed by atoms with E-state index in [0.29, 0.717) is 6.04 Å². The third-order valence-corrected chi connectivity index (χ3v) is 3.97. The summed E-state index contributed by atoms with van der Waals surface area (Å²) in [5.41, 5.74) is 9.75. The molecule has 2 rings (SSSR count). The van der Waals surface area contributed by atoms with Crippen molar-refractivity contribution in [1.29, 1.82) is 0 Å².